The highest BCUT2D eigenvalue weighted by atomic mass is 16.5. The summed E-state index contributed by atoms with van der Waals surface area (Å²) in [6.07, 6.45) is 13.5. The molecule has 3 aliphatic rings. The van der Waals surface area contributed by atoms with Crippen molar-refractivity contribution >= 4 is 17.9 Å². The van der Waals surface area contributed by atoms with Crippen molar-refractivity contribution < 1.29 is 24.2 Å². The normalized spacial score (nSPS) is 32.3. The van der Waals surface area contributed by atoms with Crippen LogP contribution < -0.4 is 16.0 Å². The fraction of sp³-hybridized carbons (Fsp3) is 0.889. The molecule has 4 N–H and O–H groups in total. The van der Waals surface area contributed by atoms with E-state index < -0.39 is 11.9 Å². The van der Waals surface area contributed by atoms with Gasteiger partial charge in [0.05, 0.1) is 12.0 Å². The molecule has 0 aliphatic heterocycles. The zero-order valence-corrected chi connectivity index (χ0v) is 21.7. The van der Waals surface area contributed by atoms with Gasteiger partial charge in [0.15, 0.2) is 0 Å². The van der Waals surface area contributed by atoms with E-state index in [9.17, 15) is 14.4 Å². The molecule has 0 heterocycles. The molecule has 0 aromatic carbocycles. The zero-order valence-electron chi connectivity index (χ0n) is 21.7. The summed E-state index contributed by atoms with van der Waals surface area (Å²) in [5.74, 6) is -0.132. The molecule has 3 rings (SSSR count). The van der Waals surface area contributed by atoms with Crippen LogP contribution >= 0.6 is 0 Å². The molecule has 8 heteroatoms. The molecule has 8 nitrogen and oxygen atoms in total. The first kappa shape index (κ1) is 27.8. The Labute approximate surface area is 210 Å². The molecule has 200 valence electrons. The number of nitrogens with one attached hydrogen (secondary N) is 3. The van der Waals surface area contributed by atoms with Crippen LogP contribution in [0.4, 0.5) is 4.79 Å². The van der Waals surface area contributed by atoms with E-state index in [0.717, 1.165) is 57.8 Å². The number of amides is 3. The van der Waals surface area contributed by atoms with Crippen LogP contribution in [-0.2, 0) is 14.3 Å². The van der Waals surface area contributed by atoms with Crippen LogP contribution in [0.15, 0.2) is 0 Å². The molecule has 3 saturated carbocycles. The number of hydrogen-bond donors (Lipinski definition) is 4. The Bertz CT molecular complexity index is 694. The fourth-order valence-electron chi connectivity index (χ4n) is 5.95. The Morgan fingerprint density at radius 2 is 1.63 bits per heavy atom. The van der Waals surface area contributed by atoms with Crippen molar-refractivity contribution in [3.05, 3.63) is 0 Å². The van der Waals surface area contributed by atoms with Gasteiger partial charge in [-0.15, -0.1) is 0 Å². The second-order valence-electron chi connectivity index (χ2n) is 11.4. The quantitative estimate of drug-likeness (QED) is 0.361. The van der Waals surface area contributed by atoms with Gasteiger partial charge >= 0.3 is 12.0 Å². The molecule has 0 radical (unpaired) electrons. The van der Waals surface area contributed by atoms with Crippen molar-refractivity contribution in [2.24, 2.45) is 17.8 Å². The van der Waals surface area contributed by atoms with Crippen LogP contribution in [0.25, 0.3) is 0 Å². The molecule has 0 saturated heterocycles. The summed E-state index contributed by atoms with van der Waals surface area (Å²) in [4.78, 5) is 36.1. The summed E-state index contributed by atoms with van der Waals surface area (Å²) in [6.45, 7) is 4.38. The maximum absolute atomic E-state index is 12.7. The van der Waals surface area contributed by atoms with Gasteiger partial charge in [0.25, 0.3) is 0 Å². The predicted molar refractivity (Wildman–Crippen MR) is 135 cm³/mol. The number of urea groups is 1. The highest BCUT2D eigenvalue weighted by Gasteiger charge is 2.28. The summed E-state index contributed by atoms with van der Waals surface area (Å²) in [6, 6.07) is 0.605. The number of carbonyl (C=O) groups is 3. The Morgan fingerprint density at radius 1 is 0.886 bits per heavy atom. The lowest BCUT2D eigenvalue weighted by Gasteiger charge is -2.33. The molecule has 3 aliphatic carbocycles. The summed E-state index contributed by atoms with van der Waals surface area (Å²) >= 11 is 0. The van der Waals surface area contributed by atoms with Crippen LogP contribution in [-0.4, -0.2) is 53.9 Å². The lowest BCUT2D eigenvalue weighted by atomic mass is 9.83. The molecule has 3 amide bonds. The van der Waals surface area contributed by atoms with Crippen LogP contribution in [0.3, 0.4) is 0 Å². The standard InChI is InChI=1S/C27H47N3O5/c1-18-6-3-4-9-24(18)30-27(34)29-21-12-10-20(11-13-21)16-25(31)28-22-7-5-8-23(17-22)35-15-14-19(2)26(32)33/h18-24H,3-17H2,1-2H3,(H,28,31)(H,32,33)(H2,29,30,34). The maximum atomic E-state index is 12.7. The Hall–Kier alpha value is -1.83. The van der Waals surface area contributed by atoms with Crippen molar-refractivity contribution in [3.63, 3.8) is 0 Å². The predicted octanol–water partition coefficient (Wildman–Crippen LogP) is 4.37. The van der Waals surface area contributed by atoms with Gasteiger partial charge in [0, 0.05) is 31.2 Å². The van der Waals surface area contributed by atoms with Crippen LogP contribution in [0.1, 0.15) is 104 Å². The van der Waals surface area contributed by atoms with E-state index in [1.54, 1.807) is 6.92 Å². The number of aliphatic carboxylic acids is 1. The minimum absolute atomic E-state index is 0.0311. The lowest BCUT2D eigenvalue weighted by molar-refractivity contribution is -0.142. The Morgan fingerprint density at radius 3 is 2.34 bits per heavy atom. The molecular formula is C27H47N3O5. The van der Waals surface area contributed by atoms with Gasteiger partial charge < -0.3 is 25.8 Å². The van der Waals surface area contributed by atoms with Crippen molar-refractivity contribution in [2.75, 3.05) is 6.61 Å². The summed E-state index contributed by atoms with van der Waals surface area (Å²) < 4.78 is 5.91. The SMILES string of the molecule is CC(CCOC1CCCC(NC(=O)CC2CCC(NC(=O)NC3CCCCC3C)CC2)C1)C(=O)O. The third-order valence-electron chi connectivity index (χ3n) is 8.40. The van der Waals surface area contributed by atoms with Gasteiger partial charge in [-0.25, -0.2) is 4.79 Å². The summed E-state index contributed by atoms with van der Waals surface area (Å²) in [5, 5.41) is 18.6. The van der Waals surface area contributed by atoms with Crippen LogP contribution in [0, 0.1) is 17.8 Å². The van der Waals surface area contributed by atoms with Gasteiger partial charge in [-0.2, -0.15) is 0 Å². The molecule has 0 aromatic heterocycles. The first-order chi connectivity index (χ1) is 16.8. The highest BCUT2D eigenvalue weighted by molar-refractivity contribution is 5.76. The Balaban J connectivity index is 1.29. The fourth-order valence-corrected chi connectivity index (χ4v) is 5.95. The molecule has 5 atom stereocenters. The number of rotatable bonds is 10. The van der Waals surface area contributed by atoms with Crippen molar-refractivity contribution in [3.8, 4) is 0 Å². The van der Waals surface area contributed by atoms with Gasteiger partial charge in [0.2, 0.25) is 5.91 Å². The van der Waals surface area contributed by atoms with Crippen molar-refractivity contribution in [1.82, 2.24) is 16.0 Å². The van der Waals surface area contributed by atoms with Gasteiger partial charge in [0.1, 0.15) is 0 Å². The van der Waals surface area contributed by atoms with E-state index in [2.05, 4.69) is 22.9 Å². The second-order valence-corrected chi connectivity index (χ2v) is 11.4. The second kappa shape index (κ2) is 14.0. The average molecular weight is 494 g/mol. The van der Waals surface area contributed by atoms with E-state index in [1.165, 1.54) is 19.3 Å². The van der Waals surface area contributed by atoms with Gasteiger partial charge in [-0.1, -0.05) is 26.7 Å². The van der Waals surface area contributed by atoms with Crippen molar-refractivity contribution in [2.45, 2.75) is 128 Å². The first-order valence-electron chi connectivity index (χ1n) is 14.0. The van der Waals surface area contributed by atoms with E-state index >= 15 is 0 Å². The van der Waals surface area contributed by atoms with Crippen LogP contribution in [0.5, 0.6) is 0 Å². The number of carboxylic acids is 1. The zero-order chi connectivity index (χ0) is 25.2. The molecule has 3 fully saturated rings. The molecule has 5 unspecified atom stereocenters. The largest absolute Gasteiger partial charge is 0.481 e. The minimum atomic E-state index is -0.787. The average Bonchev–Trinajstić information content (AvgIpc) is 2.82. The van der Waals surface area contributed by atoms with E-state index in [1.807, 2.05) is 0 Å². The summed E-state index contributed by atoms with van der Waals surface area (Å²) in [7, 11) is 0. The topological polar surface area (TPSA) is 117 Å². The highest BCUT2D eigenvalue weighted by Crippen LogP contribution is 2.28. The third kappa shape index (κ3) is 9.62. The molecule has 0 bridgehead atoms. The third-order valence-corrected chi connectivity index (χ3v) is 8.40. The smallest absolute Gasteiger partial charge is 0.315 e. The first-order valence-corrected chi connectivity index (χ1v) is 14.0. The molecule has 0 aromatic rings. The molecule has 35 heavy (non-hydrogen) atoms. The summed E-state index contributed by atoms with van der Waals surface area (Å²) in [5.41, 5.74) is 0. The van der Waals surface area contributed by atoms with E-state index in [-0.39, 0.29) is 30.1 Å². The molecule has 0 spiro atoms. The van der Waals surface area contributed by atoms with Crippen LogP contribution in [0.2, 0.25) is 0 Å². The minimum Gasteiger partial charge on any atom is -0.481 e. The Kier molecular flexibility index (Phi) is 11.1. The number of ether oxygens (including phenoxy) is 1. The monoisotopic (exact) mass is 493 g/mol. The molecular weight excluding hydrogens is 446 g/mol. The van der Waals surface area contributed by atoms with E-state index in [0.29, 0.717) is 37.3 Å². The number of carboxylic acid groups (broad SMARTS) is 1. The number of carbonyl (C=O) groups excluding carboxylic acids is 2. The van der Waals surface area contributed by atoms with Gasteiger partial charge in [-0.05, 0) is 82.5 Å². The van der Waals surface area contributed by atoms with Crippen molar-refractivity contribution in [1.29, 1.82) is 0 Å². The maximum Gasteiger partial charge on any atom is 0.315 e. The van der Waals surface area contributed by atoms with E-state index in [4.69, 9.17) is 9.84 Å². The van der Waals surface area contributed by atoms with Gasteiger partial charge in [-0.3, -0.25) is 9.59 Å². The number of hydrogen-bond acceptors (Lipinski definition) is 4. The lowest BCUT2D eigenvalue weighted by Crippen LogP contribution is -2.49.